The Labute approximate surface area is 88.4 Å². The summed E-state index contributed by atoms with van der Waals surface area (Å²) in [4.78, 5) is 10.6. The van der Waals surface area contributed by atoms with Crippen LogP contribution in [0, 0.1) is 10.1 Å². The summed E-state index contributed by atoms with van der Waals surface area (Å²) in [7, 11) is 1.71. The van der Waals surface area contributed by atoms with Crippen LogP contribution in [0.1, 0.15) is 26.0 Å². The first kappa shape index (κ1) is 11.5. The summed E-state index contributed by atoms with van der Waals surface area (Å²) in [5.74, 6) is 0.492. The summed E-state index contributed by atoms with van der Waals surface area (Å²) in [5.41, 5.74) is 0.669. The van der Waals surface area contributed by atoms with E-state index in [-0.39, 0.29) is 10.6 Å². The van der Waals surface area contributed by atoms with Gasteiger partial charge >= 0.3 is 5.69 Å². The van der Waals surface area contributed by atoms with E-state index in [4.69, 9.17) is 0 Å². The molecule has 6 nitrogen and oxygen atoms in total. The molecule has 0 amide bonds. The Bertz CT molecular complexity index is 359. The molecule has 1 aromatic heterocycles. The highest BCUT2D eigenvalue weighted by Crippen LogP contribution is 2.28. The number of aromatic nitrogens is 2. The van der Waals surface area contributed by atoms with Crippen LogP contribution in [0.4, 0.5) is 11.5 Å². The van der Waals surface area contributed by atoms with E-state index in [1.54, 1.807) is 7.05 Å². The molecule has 1 N–H and O–H groups in total. The molecule has 0 saturated carbocycles. The van der Waals surface area contributed by atoms with Crippen LogP contribution >= 0.6 is 0 Å². The van der Waals surface area contributed by atoms with Gasteiger partial charge in [-0.3, -0.25) is 10.1 Å². The second kappa shape index (κ2) is 4.77. The number of nitro groups is 1. The minimum atomic E-state index is -0.365. The van der Waals surface area contributed by atoms with Crippen molar-refractivity contribution in [2.75, 3.05) is 11.9 Å². The fraction of sp³-hybridized carbons (Fsp3) is 0.667. The second-order valence-electron chi connectivity index (χ2n) is 3.30. The minimum absolute atomic E-state index is 0.112. The number of nitrogens with one attached hydrogen (secondary N) is 1. The van der Waals surface area contributed by atoms with E-state index >= 15 is 0 Å². The maximum atomic E-state index is 10.9. The average Bonchev–Trinajstić information content (AvgIpc) is 2.44. The first-order valence-corrected chi connectivity index (χ1v) is 5.05. The third-order valence-corrected chi connectivity index (χ3v) is 2.11. The number of hydrogen-bond acceptors (Lipinski definition) is 4. The zero-order chi connectivity index (χ0) is 11.4. The highest BCUT2D eigenvalue weighted by Gasteiger charge is 2.25. The van der Waals surface area contributed by atoms with Crippen LogP contribution in [0.5, 0.6) is 0 Å². The molecule has 0 spiro atoms. The number of anilines is 1. The van der Waals surface area contributed by atoms with Gasteiger partial charge in [0.25, 0.3) is 0 Å². The van der Waals surface area contributed by atoms with Gasteiger partial charge in [0.1, 0.15) is 5.69 Å². The SMILES string of the molecule is CCCc1nn(C)c(NCC)c1[N+](=O)[O-]. The summed E-state index contributed by atoms with van der Waals surface area (Å²) >= 11 is 0. The molecule has 1 aromatic rings. The summed E-state index contributed by atoms with van der Waals surface area (Å²) < 4.78 is 1.53. The first-order valence-electron chi connectivity index (χ1n) is 5.05. The topological polar surface area (TPSA) is 73.0 Å². The lowest BCUT2D eigenvalue weighted by molar-refractivity contribution is -0.384. The van der Waals surface area contributed by atoms with Crippen LogP contribution in [-0.4, -0.2) is 21.2 Å². The third kappa shape index (κ3) is 2.26. The molecule has 0 saturated heterocycles. The van der Waals surface area contributed by atoms with Gasteiger partial charge in [0.15, 0.2) is 0 Å². The van der Waals surface area contributed by atoms with Crippen LogP contribution in [0.15, 0.2) is 0 Å². The molecule has 1 heterocycles. The van der Waals surface area contributed by atoms with Gasteiger partial charge < -0.3 is 5.32 Å². The summed E-state index contributed by atoms with van der Waals surface area (Å²) in [6.07, 6.45) is 1.49. The van der Waals surface area contributed by atoms with E-state index in [0.29, 0.717) is 24.5 Å². The molecule has 15 heavy (non-hydrogen) atoms. The Morgan fingerprint density at radius 2 is 2.20 bits per heavy atom. The normalized spacial score (nSPS) is 10.3. The number of hydrogen-bond donors (Lipinski definition) is 1. The van der Waals surface area contributed by atoms with Gasteiger partial charge in [-0.15, -0.1) is 0 Å². The highest BCUT2D eigenvalue weighted by molar-refractivity contribution is 5.59. The van der Waals surface area contributed by atoms with E-state index in [9.17, 15) is 10.1 Å². The Kier molecular flexibility index (Phi) is 3.65. The molecular formula is C9H16N4O2. The number of aryl methyl sites for hydroxylation is 2. The van der Waals surface area contributed by atoms with E-state index < -0.39 is 0 Å². The van der Waals surface area contributed by atoms with E-state index in [1.807, 2.05) is 13.8 Å². The lowest BCUT2D eigenvalue weighted by Gasteiger charge is -2.01. The summed E-state index contributed by atoms with van der Waals surface area (Å²) in [6.45, 7) is 4.52. The Morgan fingerprint density at radius 3 is 2.67 bits per heavy atom. The fourth-order valence-corrected chi connectivity index (χ4v) is 1.53. The van der Waals surface area contributed by atoms with Crippen molar-refractivity contribution >= 4 is 11.5 Å². The van der Waals surface area contributed by atoms with Gasteiger partial charge in [-0.2, -0.15) is 5.10 Å². The maximum Gasteiger partial charge on any atom is 0.333 e. The number of rotatable bonds is 5. The van der Waals surface area contributed by atoms with E-state index in [2.05, 4.69) is 10.4 Å². The molecule has 6 heteroatoms. The van der Waals surface area contributed by atoms with Gasteiger partial charge in [0, 0.05) is 13.6 Å². The van der Waals surface area contributed by atoms with Crippen molar-refractivity contribution in [3.63, 3.8) is 0 Å². The molecule has 0 fully saturated rings. The molecule has 0 aliphatic heterocycles. The summed E-state index contributed by atoms with van der Waals surface area (Å²) in [6, 6.07) is 0. The smallest absolute Gasteiger partial charge is 0.333 e. The van der Waals surface area contributed by atoms with Crippen LogP contribution in [0.25, 0.3) is 0 Å². The fourth-order valence-electron chi connectivity index (χ4n) is 1.53. The standard InChI is InChI=1S/C9H16N4O2/c1-4-6-7-8(13(14)15)9(10-5-2)12(3)11-7/h10H,4-6H2,1-3H3. The Morgan fingerprint density at radius 1 is 1.53 bits per heavy atom. The van der Waals surface area contributed by atoms with Crippen LogP contribution in [0.2, 0.25) is 0 Å². The summed E-state index contributed by atoms with van der Waals surface area (Å²) in [5, 5.41) is 18.0. The van der Waals surface area contributed by atoms with Crippen molar-refractivity contribution in [1.29, 1.82) is 0 Å². The van der Waals surface area contributed by atoms with Crippen molar-refractivity contribution in [3.05, 3.63) is 15.8 Å². The van der Waals surface area contributed by atoms with Gasteiger partial charge in [0.05, 0.1) is 4.92 Å². The van der Waals surface area contributed by atoms with Gasteiger partial charge in [-0.05, 0) is 13.3 Å². The van der Waals surface area contributed by atoms with Crippen LogP contribution < -0.4 is 5.32 Å². The Balaban J connectivity index is 3.18. The van der Waals surface area contributed by atoms with Crippen molar-refractivity contribution in [2.24, 2.45) is 7.05 Å². The highest BCUT2D eigenvalue weighted by atomic mass is 16.6. The predicted molar refractivity (Wildman–Crippen MR) is 58.0 cm³/mol. The third-order valence-electron chi connectivity index (χ3n) is 2.11. The van der Waals surface area contributed by atoms with Gasteiger partial charge in [-0.1, -0.05) is 13.3 Å². The lowest BCUT2D eigenvalue weighted by Crippen LogP contribution is -2.05. The second-order valence-corrected chi connectivity index (χ2v) is 3.30. The van der Waals surface area contributed by atoms with Crippen molar-refractivity contribution < 1.29 is 4.92 Å². The molecular weight excluding hydrogens is 196 g/mol. The molecule has 0 bridgehead atoms. The van der Waals surface area contributed by atoms with Crippen molar-refractivity contribution in [2.45, 2.75) is 26.7 Å². The largest absolute Gasteiger partial charge is 0.365 e. The molecule has 0 aromatic carbocycles. The molecule has 84 valence electrons. The van der Waals surface area contributed by atoms with E-state index in [0.717, 1.165) is 6.42 Å². The molecule has 0 aliphatic rings. The van der Waals surface area contributed by atoms with Crippen LogP contribution in [-0.2, 0) is 13.5 Å². The maximum absolute atomic E-state index is 10.9. The van der Waals surface area contributed by atoms with E-state index in [1.165, 1.54) is 4.68 Å². The van der Waals surface area contributed by atoms with Gasteiger partial charge in [-0.25, -0.2) is 4.68 Å². The first-order chi connectivity index (χ1) is 7.11. The molecule has 1 rings (SSSR count). The molecule has 0 aliphatic carbocycles. The quantitative estimate of drug-likeness (QED) is 0.595. The van der Waals surface area contributed by atoms with Gasteiger partial charge in [0.2, 0.25) is 5.82 Å². The molecule has 0 unspecified atom stereocenters. The monoisotopic (exact) mass is 212 g/mol. The zero-order valence-electron chi connectivity index (χ0n) is 9.28. The number of nitrogens with zero attached hydrogens (tertiary/aromatic N) is 3. The molecule has 0 atom stereocenters. The zero-order valence-corrected chi connectivity index (χ0v) is 9.28. The van der Waals surface area contributed by atoms with Crippen molar-refractivity contribution in [3.8, 4) is 0 Å². The predicted octanol–water partition coefficient (Wildman–Crippen LogP) is 1.71. The Hall–Kier alpha value is -1.59. The minimum Gasteiger partial charge on any atom is -0.365 e. The average molecular weight is 212 g/mol. The van der Waals surface area contributed by atoms with Crippen molar-refractivity contribution in [1.82, 2.24) is 9.78 Å². The van der Waals surface area contributed by atoms with Crippen LogP contribution in [0.3, 0.4) is 0 Å². The molecule has 0 radical (unpaired) electrons. The lowest BCUT2D eigenvalue weighted by atomic mass is 10.2.